The Morgan fingerprint density at radius 1 is 1.00 bits per heavy atom. The zero-order valence-corrected chi connectivity index (χ0v) is 15.6. The number of nitrogens with one attached hydrogen (secondary N) is 2. The van der Waals surface area contributed by atoms with Gasteiger partial charge in [0.05, 0.1) is 0 Å². The van der Waals surface area contributed by atoms with Crippen molar-refractivity contribution in [3.05, 3.63) is 71.5 Å². The minimum Gasteiger partial charge on any atom is -0.356 e. The van der Waals surface area contributed by atoms with Crippen LogP contribution < -0.4 is 10.6 Å². The minimum absolute atomic E-state index is 0. The van der Waals surface area contributed by atoms with Crippen molar-refractivity contribution in [1.29, 1.82) is 0 Å². The lowest BCUT2D eigenvalue weighted by Gasteiger charge is -2.12. The van der Waals surface area contributed by atoms with Crippen molar-refractivity contribution in [3.63, 3.8) is 0 Å². The summed E-state index contributed by atoms with van der Waals surface area (Å²) in [7, 11) is 1.76. The van der Waals surface area contributed by atoms with E-state index in [2.05, 4.69) is 27.8 Å². The maximum Gasteiger partial charge on any atom is 0.191 e. The molecule has 2 aromatic rings. The van der Waals surface area contributed by atoms with E-state index in [0.29, 0.717) is 0 Å². The lowest BCUT2D eigenvalue weighted by molar-refractivity contribution is 0.624. The molecule has 0 unspecified atom stereocenters. The van der Waals surface area contributed by atoms with Gasteiger partial charge in [-0.15, -0.1) is 24.0 Å². The lowest BCUT2D eigenvalue weighted by atomic mass is 10.1. The second-order valence-electron chi connectivity index (χ2n) is 5.07. The number of guanidine groups is 1. The maximum absolute atomic E-state index is 13.1. The predicted octanol–water partition coefficient (Wildman–Crippen LogP) is 3.74. The summed E-state index contributed by atoms with van der Waals surface area (Å²) < 4.78 is 13.1. The monoisotopic (exact) mass is 427 g/mol. The molecule has 0 amide bonds. The Bertz CT molecular complexity index is 602. The standard InChI is InChI=1S/C18H22FN3.HI/c1-20-18(22-14-16-7-3-2-4-8-16)21-12-6-10-15-9-5-11-17(19)13-15;/h2-5,7-9,11,13H,6,10,12,14H2,1H3,(H2,20,21,22);1H. The first-order valence-corrected chi connectivity index (χ1v) is 7.51. The topological polar surface area (TPSA) is 36.4 Å². The first-order valence-electron chi connectivity index (χ1n) is 7.51. The van der Waals surface area contributed by atoms with Gasteiger partial charge in [0.15, 0.2) is 5.96 Å². The molecule has 0 aromatic heterocycles. The van der Waals surface area contributed by atoms with E-state index in [1.165, 1.54) is 11.6 Å². The second-order valence-corrected chi connectivity index (χ2v) is 5.07. The van der Waals surface area contributed by atoms with Crippen LogP contribution in [0.15, 0.2) is 59.6 Å². The van der Waals surface area contributed by atoms with Gasteiger partial charge < -0.3 is 10.6 Å². The van der Waals surface area contributed by atoms with Crippen molar-refractivity contribution in [2.75, 3.05) is 13.6 Å². The Hall–Kier alpha value is -1.63. The SMILES string of the molecule is CN=C(NCCCc1cccc(F)c1)NCc1ccccc1.I. The number of aliphatic imine (C=N–C) groups is 1. The third kappa shape index (κ3) is 7.45. The number of aryl methyl sites for hydroxylation is 1. The van der Waals surface area contributed by atoms with E-state index in [-0.39, 0.29) is 29.8 Å². The fourth-order valence-electron chi connectivity index (χ4n) is 2.19. The Labute approximate surface area is 154 Å². The maximum atomic E-state index is 13.1. The fraction of sp³-hybridized carbons (Fsp3) is 0.278. The molecule has 0 spiro atoms. The van der Waals surface area contributed by atoms with E-state index in [1.807, 2.05) is 24.3 Å². The molecule has 0 heterocycles. The Morgan fingerprint density at radius 3 is 2.43 bits per heavy atom. The summed E-state index contributed by atoms with van der Waals surface area (Å²) in [6.07, 6.45) is 1.77. The molecule has 0 bridgehead atoms. The van der Waals surface area contributed by atoms with Crippen LogP contribution in [0.25, 0.3) is 0 Å². The normalized spacial score (nSPS) is 10.8. The molecule has 2 aromatic carbocycles. The zero-order chi connectivity index (χ0) is 15.6. The first-order chi connectivity index (χ1) is 10.8. The van der Waals surface area contributed by atoms with Crippen molar-refractivity contribution in [1.82, 2.24) is 10.6 Å². The molecule has 0 aliphatic heterocycles. The van der Waals surface area contributed by atoms with Gasteiger partial charge in [-0.25, -0.2) is 4.39 Å². The molecule has 2 rings (SSSR count). The molecule has 0 saturated carbocycles. The van der Waals surface area contributed by atoms with Gasteiger partial charge >= 0.3 is 0 Å². The molecule has 0 radical (unpaired) electrons. The van der Waals surface area contributed by atoms with Crippen LogP contribution >= 0.6 is 24.0 Å². The van der Waals surface area contributed by atoms with Gasteiger partial charge in [0.25, 0.3) is 0 Å². The van der Waals surface area contributed by atoms with E-state index < -0.39 is 0 Å². The Kier molecular flexibility index (Phi) is 9.28. The summed E-state index contributed by atoms with van der Waals surface area (Å²) >= 11 is 0. The number of rotatable bonds is 6. The molecule has 3 nitrogen and oxygen atoms in total. The van der Waals surface area contributed by atoms with E-state index >= 15 is 0 Å². The van der Waals surface area contributed by atoms with Crippen molar-refractivity contribution in [2.24, 2.45) is 4.99 Å². The Morgan fingerprint density at radius 2 is 1.74 bits per heavy atom. The molecule has 0 aliphatic carbocycles. The van der Waals surface area contributed by atoms with Gasteiger partial charge in [-0.3, -0.25) is 4.99 Å². The molecular weight excluding hydrogens is 404 g/mol. The van der Waals surface area contributed by atoms with Crippen LogP contribution in [-0.4, -0.2) is 19.6 Å². The Balaban J connectivity index is 0.00000264. The highest BCUT2D eigenvalue weighted by molar-refractivity contribution is 14.0. The van der Waals surface area contributed by atoms with Gasteiger partial charge in [0.1, 0.15) is 5.82 Å². The summed E-state index contributed by atoms with van der Waals surface area (Å²) in [5.74, 6) is 0.605. The average Bonchev–Trinajstić information content (AvgIpc) is 2.55. The van der Waals surface area contributed by atoms with Crippen molar-refractivity contribution < 1.29 is 4.39 Å². The zero-order valence-electron chi connectivity index (χ0n) is 13.3. The molecule has 0 saturated heterocycles. The average molecular weight is 427 g/mol. The minimum atomic E-state index is -0.175. The molecule has 124 valence electrons. The van der Waals surface area contributed by atoms with Crippen molar-refractivity contribution in [2.45, 2.75) is 19.4 Å². The molecule has 5 heteroatoms. The van der Waals surface area contributed by atoms with E-state index in [4.69, 9.17) is 0 Å². The summed E-state index contributed by atoms with van der Waals surface area (Å²) in [5, 5.41) is 6.54. The van der Waals surface area contributed by atoms with Gasteiger partial charge in [-0.1, -0.05) is 42.5 Å². The van der Waals surface area contributed by atoms with Crippen LogP contribution in [-0.2, 0) is 13.0 Å². The molecule has 2 N–H and O–H groups in total. The predicted molar refractivity (Wildman–Crippen MR) is 105 cm³/mol. The van der Waals surface area contributed by atoms with Gasteiger partial charge in [-0.2, -0.15) is 0 Å². The largest absolute Gasteiger partial charge is 0.356 e. The van der Waals surface area contributed by atoms with E-state index in [1.54, 1.807) is 19.2 Å². The van der Waals surface area contributed by atoms with Gasteiger partial charge in [-0.05, 0) is 36.1 Å². The highest BCUT2D eigenvalue weighted by atomic mass is 127. The van der Waals surface area contributed by atoms with Crippen molar-refractivity contribution >= 4 is 29.9 Å². The van der Waals surface area contributed by atoms with E-state index in [9.17, 15) is 4.39 Å². The van der Waals surface area contributed by atoms with Crippen LogP contribution in [0.1, 0.15) is 17.5 Å². The number of halogens is 2. The highest BCUT2D eigenvalue weighted by Crippen LogP contribution is 2.05. The first kappa shape index (κ1) is 19.4. The van der Waals surface area contributed by atoms with Crippen LogP contribution in [0.2, 0.25) is 0 Å². The number of nitrogens with zero attached hydrogens (tertiary/aromatic N) is 1. The number of hydrogen-bond acceptors (Lipinski definition) is 1. The van der Waals surface area contributed by atoms with Crippen LogP contribution in [0.4, 0.5) is 4.39 Å². The third-order valence-corrected chi connectivity index (χ3v) is 3.35. The van der Waals surface area contributed by atoms with Crippen LogP contribution in [0, 0.1) is 5.82 Å². The molecular formula is C18H23FIN3. The highest BCUT2D eigenvalue weighted by Gasteiger charge is 1.99. The smallest absolute Gasteiger partial charge is 0.191 e. The van der Waals surface area contributed by atoms with E-state index in [0.717, 1.165) is 37.5 Å². The van der Waals surface area contributed by atoms with Crippen LogP contribution in [0.5, 0.6) is 0 Å². The molecule has 0 aliphatic rings. The summed E-state index contributed by atoms with van der Waals surface area (Å²) in [6.45, 7) is 1.54. The van der Waals surface area contributed by atoms with Crippen LogP contribution in [0.3, 0.4) is 0 Å². The second kappa shape index (κ2) is 11.0. The summed E-state index contributed by atoms with van der Waals surface area (Å²) in [4.78, 5) is 4.20. The van der Waals surface area contributed by atoms with Crippen molar-refractivity contribution in [3.8, 4) is 0 Å². The lowest BCUT2D eigenvalue weighted by Crippen LogP contribution is -2.37. The quantitative estimate of drug-likeness (QED) is 0.319. The summed E-state index contributed by atoms with van der Waals surface area (Å²) in [6, 6.07) is 16.9. The van der Waals surface area contributed by atoms with Gasteiger partial charge in [0.2, 0.25) is 0 Å². The van der Waals surface area contributed by atoms with Gasteiger partial charge in [0, 0.05) is 20.1 Å². The molecule has 0 fully saturated rings. The molecule has 23 heavy (non-hydrogen) atoms. The fourth-order valence-corrected chi connectivity index (χ4v) is 2.19. The number of benzene rings is 2. The summed E-state index contributed by atoms with van der Waals surface area (Å²) in [5.41, 5.74) is 2.24. The third-order valence-electron chi connectivity index (χ3n) is 3.35. The molecule has 0 atom stereocenters. The number of hydrogen-bond donors (Lipinski definition) is 2.